The number of thioether (sulfide) groups is 1. The summed E-state index contributed by atoms with van der Waals surface area (Å²) in [6.45, 7) is 3.72. The zero-order valence-corrected chi connectivity index (χ0v) is 14.4. The van der Waals surface area contributed by atoms with E-state index in [1.807, 2.05) is 30.3 Å². The highest BCUT2D eigenvalue weighted by Crippen LogP contribution is 2.43. The van der Waals surface area contributed by atoms with Gasteiger partial charge >= 0.3 is 0 Å². The van der Waals surface area contributed by atoms with E-state index in [0.29, 0.717) is 23.3 Å². The SMILES string of the molecule is C=CCC1CCCC2=C1C(=O)N(CSc1ccccc1)S2(=O)=O. The van der Waals surface area contributed by atoms with Crippen LogP contribution in [0.5, 0.6) is 0 Å². The Bertz CT molecular complexity index is 753. The second-order valence-electron chi connectivity index (χ2n) is 5.70. The molecule has 1 aromatic rings. The Hall–Kier alpha value is -1.53. The van der Waals surface area contributed by atoms with Gasteiger partial charge in [-0.25, -0.2) is 12.7 Å². The van der Waals surface area contributed by atoms with Crippen LogP contribution in [-0.4, -0.2) is 24.5 Å². The molecular formula is C17H19NO3S2. The van der Waals surface area contributed by atoms with Gasteiger partial charge in [-0.2, -0.15) is 0 Å². The number of amides is 1. The van der Waals surface area contributed by atoms with Gasteiger partial charge in [-0.15, -0.1) is 18.3 Å². The van der Waals surface area contributed by atoms with Gasteiger partial charge in [0.25, 0.3) is 15.9 Å². The summed E-state index contributed by atoms with van der Waals surface area (Å²) in [4.78, 5) is 14.0. The third kappa shape index (κ3) is 2.97. The van der Waals surface area contributed by atoms with Crippen LogP contribution in [0.1, 0.15) is 25.7 Å². The normalized spacial score (nSPS) is 23.0. The third-order valence-electron chi connectivity index (χ3n) is 4.27. The van der Waals surface area contributed by atoms with E-state index in [1.54, 1.807) is 6.08 Å². The molecule has 23 heavy (non-hydrogen) atoms. The fourth-order valence-electron chi connectivity index (χ4n) is 3.17. The van der Waals surface area contributed by atoms with E-state index < -0.39 is 10.0 Å². The van der Waals surface area contributed by atoms with E-state index in [1.165, 1.54) is 11.8 Å². The van der Waals surface area contributed by atoms with Crippen LogP contribution in [0.2, 0.25) is 0 Å². The van der Waals surface area contributed by atoms with E-state index in [9.17, 15) is 13.2 Å². The monoisotopic (exact) mass is 349 g/mol. The number of carbonyl (C=O) groups excluding carboxylic acids is 1. The largest absolute Gasteiger partial charge is 0.268 e. The molecule has 0 radical (unpaired) electrons. The molecule has 1 aromatic carbocycles. The number of allylic oxidation sites excluding steroid dienone is 2. The molecule has 1 unspecified atom stereocenters. The van der Waals surface area contributed by atoms with E-state index in [-0.39, 0.29) is 17.7 Å². The van der Waals surface area contributed by atoms with E-state index in [2.05, 4.69) is 6.58 Å². The van der Waals surface area contributed by atoms with Crippen molar-refractivity contribution in [3.8, 4) is 0 Å². The number of sulfonamides is 1. The first-order valence-electron chi connectivity index (χ1n) is 7.64. The Kier molecular flexibility index (Phi) is 4.64. The van der Waals surface area contributed by atoms with Gasteiger partial charge in [-0.05, 0) is 43.7 Å². The summed E-state index contributed by atoms with van der Waals surface area (Å²) in [5.41, 5.74) is 0.504. The molecule has 0 saturated carbocycles. The van der Waals surface area contributed by atoms with Gasteiger partial charge in [-0.3, -0.25) is 4.79 Å². The molecule has 0 fully saturated rings. The number of nitrogens with zero attached hydrogens (tertiary/aromatic N) is 1. The average molecular weight is 349 g/mol. The summed E-state index contributed by atoms with van der Waals surface area (Å²) in [6.07, 6.45) is 4.56. The zero-order chi connectivity index (χ0) is 16.4. The second kappa shape index (κ2) is 6.53. The van der Waals surface area contributed by atoms with Gasteiger partial charge in [-0.1, -0.05) is 24.3 Å². The Labute approximate surface area is 141 Å². The molecule has 0 aromatic heterocycles. The molecule has 2 aliphatic rings. The minimum absolute atomic E-state index is 0.00903. The van der Waals surface area contributed by atoms with Gasteiger partial charge in [0.15, 0.2) is 0 Å². The molecule has 1 atom stereocenters. The van der Waals surface area contributed by atoms with Gasteiger partial charge in [0.2, 0.25) is 0 Å². The highest BCUT2D eigenvalue weighted by atomic mass is 32.2. The lowest BCUT2D eigenvalue weighted by atomic mass is 9.85. The Morgan fingerprint density at radius 3 is 2.74 bits per heavy atom. The van der Waals surface area contributed by atoms with Crippen molar-refractivity contribution in [1.82, 2.24) is 4.31 Å². The fourth-order valence-corrected chi connectivity index (χ4v) is 6.13. The molecule has 1 amide bonds. The minimum Gasteiger partial charge on any atom is -0.268 e. The van der Waals surface area contributed by atoms with Crippen molar-refractivity contribution in [2.75, 3.05) is 5.88 Å². The topological polar surface area (TPSA) is 54.5 Å². The van der Waals surface area contributed by atoms with Crippen molar-refractivity contribution in [2.24, 2.45) is 5.92 Å². The quantitative estimate of drug-likeness (QED) is 0.603. The van der Waals surface area contributed by atoms with Crippen LogP contribution in [-0.2, 0) is 14.8 Å². The molecule has 122 valence electrons. The van der Waals surface area contributed by atoms with E-state index >= 15 is 0 Å². The molecular weight excluding hydrogens is 330 g/mol. The Morgan fingerprint density at radius 1 is 1.30 bits per heavy atom. The number of carbonyl (C=O) groups is 1. The smallest absolute Gasteiger partial charge is 0.265 e. The van der Waals surface area contributed by atoms with E-state index in [4.69, 9.17) is 0 Å². The number of hydrogen-bond donors (Lipinski definition) is 0. The van der Waals surface area contributed by atoms with Gasteiger partial charge in [0, 0.05) is 10.5 Å². The minimum atomic E-state index is -3.65. The van der Waals surface area contributed by atoms with Crippen molar-refractivity contribution in [1.29, 1.82) is 0 Å². The number of benzene rings is 1. The molecule has 6 heteroatoms. The molecule has 1 heterocycles. The number of rotatable bonds is 5. The van der Waals surface area contributed by atoms with Crippen molar-refractivity contribution < 1.29 is 13.2 Å². The third-order valence-corrected chi connectivity index (χ3v) is 7.34. The summed E-state index contributed by atoms with van der Waals surface area (Å²) in [6, 6.07) is 9.51. The molecule has 0 bridgehead atoms. The highest BCUT2D eigenvalue weighted by molar-refractivity contribution is 8.00. The second-order valence-corrected chi connectivity index (χ2v) is 8.60. The summed E-state index contributed by atoms with van der Waals surface area (Å²) in [7, 11) is -3.65. The fraction of sp³-hybridized carbons (Fsp3) is 0.353. The molecule has 0 spiro atoms. The first-order chi connectivity index (χ1) is 11.1. The van der Waals surface area contributed by atoms with Gasteiger partial charge in [0.05, 0.1) is 10.8 Å². The standard InChI is InChI=1S/C17H19NO3S2/c1-2-7-13-8-6-11-15-16(13)17(19)18(23(15,20)21)12-22-14-9-4-3-5-10-14/h2-5,9-10,13H,1,6-8,11-12H2. The van der Waals surface area contributed by atoms with Crippen LogP contribution in [0.25, 0.3) is 0 Å². The maximum atomic E-state index is 12.7. The Balaban J connectivity index is 1.84. The maximum absolute atomic E-state index is 12.7. The Morgan fingerprint density at radius 2 is 2.04 bits per heavy atom. The molecule has 0 saturated heterocycles. The van der Waals surface area contributed by atoms with Crippen molar-refractivity contribution in [3.63, 3.8) is 0 Å². The van der Waals surface area contributed by atoms with Crippen LogP contribution in [0, 0.1) is 5.92 Å². The van der Waals surface area contributed by atoms with Gasteiger partial charge in [0.1, 0.15) is 0 Å². The molecule has 4 nitrogen and oxygen atoms in total. The predicted molar refractivity (Wildman–Crippen MR) is 92.1 cm³/mol. The highest BCUT2D eigenvalue weighted by Gasteiger charge is 2.46. The molecule has 1 aliphatic heterocycles. The lowest BCUT2D eigenvalue weighted by Gasteiger charge is -2.20. The predicted octanol–water partition coefficient (Wildman–Crippen LogP) is 3.54. The molecule has 3 rings (SSSR count). The first kappa shape index (κ1) is 16.3. The van der Waals surface area contributed by atoms with Crippen molar-refractivity contribution >= 4 is 27.7 Å². The maximum Gasteiger partial charge on any atom is 0.265 e. The van der Waals surface area contributed by atoms with Crippen LogP contribution < -0.4 is 0 Å². The molecule has 0 N–H and O–H groups in total. The van der Waals surface area contributed by atoms with Crippen LogP contribution in [0.15, 0.2) is 58.4 Å². The summed E-state index contributed by atoms with van der Waals surface area (Å²) < 4.78 is 26.5. The van der Waals surface area contributed by atoms with Crippen LogP contribution >= 0.6 is 11.8 Å². The van der Waals surface area contributed by atoms with Crippen molar-refractivity contribution in [2.45, 2.75) is 30.6 Å². The van der Waals surface area contributed by atoms with Gasteiger partial charge < -0.3 is 0 Å². The summed E-state index contributed by atoms with van der Waals surface area (Å²) in [5, 5.41) is 0. The zero-order valence-electron chi connectivity index (χ0n) is 12.8. The van der Waals surface area contributed by atoms with Crippen LogP contribution in [0.4, 0.5) is 0 Å². The van der Waals surface area contributed by atoms with Crippen LogP contribution in [0.3, 0.4) is 0 Å². The summed E-state index contributed by atoms with van der Waals surface area (Å²) >= 11 is 1.36. The van der Waals surface area contributed by atoms with Crippen molar-refractivity contribution in [3.05, 3.63) is 53.5 Å². The lowest BCUT2D eigenvalue weighted by Crippen LogP contribution is -2.31. The number of hydrogen-bond acceptors (Lipinski definition) is 4. The summed E-state index contributed by atoms with van der Waals surface area (Å²) in [5.74, 6) is -0.223. The lowest BCUT2D eigenvalue weighted by molar-refractivity contribution is -0.122. The first-order valence-corrected chi connectivity index (χ1v) is 10.1. The average Bonchev–Trinajstić information content (AvgIpc) is 2.74. The molecule has 1 aliphatic carbocycles. The van der Waals surface area contributed by atoms with E-state index in [0.717, 1.165) is 22.0 Å².